The standard InChI is InChI=1S/C6H14NO4P/c1-4-7(5-2,6(3)8)12(9,10)11/h4-5H2,1-3H3,(H-,9,10,11). The van der Waals surface area contributed by atoms with Crippen molar-refractivity contribution in [1.82, 2.24) is 0 Å². The van der Waals surface area contributed by atoms with Gasteiger partial charge in [0.1, 0.15) is 0 Å². The first-order chi connectivity index (χ1) is 5.31. The smallest absolute Gasteiger partial charge is 0.333 e. The van der Waals surface area contributed by atoms with Crippen molar-refractivity contribution >= 4 is 13.7 Å². The van der Waals surface area contributed by atoms with E-state index in [4.69, 9.17) is 4.89 Å². The minimum absolute atomic E-state index is 0.0586. The summed E-state index contributed by atoms with van der Waals surface area (Å²) >= 11 is 0. The maximum Gasteiger partial charge on any atom is 0.333 e. The lowest BCUT2D eigenvalue weighted by molar-refractivity contribution is -0.757. The van der Waals surface area contributed by atoms with E-state index in [0.29, 0.717) is 0 Å². The Balaban J connectivity index is 5.12. The van der Waals surface area contributed by atoms with E-state index < -0.39 is 17.9 Å². The summed E-state index contributed by atoms with van der Waals surface area (Å²) in [6.45, 7) is 4.37. The van der Waals surface area contributed by atoms with E-state index in [1.807, 2.05) is 0 Å². The van der Waals surface area contributed by atoms with Crippen LogP contribution in [0, 0.1) is 0 Å². The molecular weight excluding hydrogens is 181 g/mol. The molecule has 1 atom stereocenters. The van der Waals surface area contributed by atoms with Gasteiger partial charge in [-0.05, 0) is 13.8 Å². The molecule has 0 saturated carbocycles. The number of quaternary nitrogens is 1. The van der Waals surface area contributed by atoms with Gasteiger partial charge in [0.05, 0.1) is 20.0 Å². The molecule has 0 aromatic carbocycles. The number of amides is 1. The Morgan fingerprint density at radius 1 is 1.50 bits per heavy atom. The fourth-order valence-electron chi connectivity index (χ4n) is 1.20. The Hall–Kier alpha value is -0.220. The highest BCUT2D eigenvalue weighted by molar-refractivity contribution is 7.44. The first-order valence-electron chi connectivity index (χ1n) is 3.74. The summed E-state index contributed by atoms with van der Waals surface area (Å²) < 4.78 is 10.0. The van der Waals surface area contributed by atoms with Crippen LogP contribution in [0.5, 0.6) is 0 Å². The zero-order chi connectivity index (χ0) is 9.99. The molecule has 0 bridgehead atoms. The van der Waals surface area contributed by atoms with Crippen LogP contribution in [0.3, 0.4) is 0 Å². The highest BCUT2D eigenvalue weighted by atomic mass is 31.2. The second-order valence-corrected chi connectivity index (χ2v) is 4.31. The molecule has 1 N–H and O–H groups in total. The summed E-state index contributed by atoms with van der Waals surface area (Å²) in [5, 5.41) is 0. The molecule has 6 heteroatoms. The molecular formula is C6H14NO4P. The number of carbonyl (C=O) groups is 1. The maximum atomic E-state index is 11.0. The Morgan fingerprint density at radius 3 is 1.83 bits per heavy atom. The van der Waals surface area contributed by atoms with Crippen molar-refractivity contribution in [3.63, 3.8) is 0 Å². The highest BCUT2D eigenvalue weighted by Gasteiger charge is 2.39. The van der Waals surface area contributed by atoms with Crippen LogP contribution in [0.2, 0.25) is 0 Å². The van der Waals surface area contributed by atoms with Gasteiger partial charge in [-0.3, -0.25) is 0 Å². The predicted molar refractivity (Wildman–Crippen MR) is 41.8 cm³/mol. The maximum absolute atomic E-state index is 11.0. The Kier molecular flexibility index (Phi) is 3.59. The van der Waals surface area contributed by atoms with E-state index in [1.54, 1.807) is 13.8 Å². The van der Waals surface area contributed by atoms with Crippen LogP contribution in [-0.2, 0) is 9.36 Å². The third-order valence-corrected chi connectivity index (χ3v) is 3.93. The van der Waals surface area contributed by atoms with E-state index in [2.05, 4.69) is 0 Å². The van der Waals surface area contributed by atoms with Crippen LogP contribution >= 0.6 is 7.75 Å². The van der Waals surface area contributed by atoms with E-state index in [0.717, 1.165) is 6.92 Å². The minimum atomic E-state index is -4.62. The normalized spacial score (nSPS) is 17.1. The molecule has 12 heavy (non-hydrogen) atoms. The molecule has 0 aromatic heterocycles. The summed E-state index contributed by atoms with van der Waals surface area (Å²) in [6.07, 6.45) is 0. The molecule has 0 saturated heterocycles. The van der Waals surface area contributed by atoms with Gasteiger partial charge < -0.3 is 9.79 Å². The lowest BCUT2D eigenvalue weighted by Crippen LogP contribution is -2.50. The molecule has 72 valence electrons. The summed E-state index contributed by atoms with van der Waals surface area (Å²) in [5.74, 6) is -0.555. The van der Waals surface area contributed by atoms with Crippen molar-refractivity contribution < 1.29 is 23.4 Å². The first kappa shape index (κ1) is 11.8. The fourth-order valence-corrected chi connectivity index (χ4v) is 2.28. The lowest BCUT2D eigenvalue weighted by Gasteiger charge is -2.38. The van der Waals surface area contributed by atoms with Crippen molar-refractivity contribution in [1.29, 1.82) is 0 Å². The number of hydrogen-bond acceptors (Lipinski definition) is 3. The highest BCUT2D eigenvalue weighted by Crippen LogP contribution is 2.43. The quantitative estimate of drug-likeness (QED) is 0.635. The zero-order valence-electron chi connectivity index (χ0n) is 7.48. The van der Waals surface area contributed by atoms with Gasteiger partial charge in [-0.25, -0.2) is 13.6 Å². The molecule has 0 rings (SSSR count). The van der Waals surface area contributed by atoms with Crippen molar-refractivity contribution in [2.45, 2.75) is 20.8 Å². The summed E-state index contributed by atoms with van der Waals surface area (Å²) in [7, 11) is -4.62. The largest absolute Gasteiger partial charge is 0.730 e. The molecule has 0 spiro atoms. The van der Waals surface area contributed by atoms with Crippen LogP contribution in [0.25, 0.3) is 0 Å². The lowest BCUT2D eigenvalue weighted by atomic mass is 10.5. The molecule has 0 aromatic rings. The van der Waals surface area contributed by atoms with Crippen LogP contribution in [0.4, 0.5) is 0 Å². The molecule has 1 amide bonds. The topological polar surface area (TPSA) is 77.4 Å². The molecule has 0 aliphatic rings. The van der Waals surface area contributed by atoms with Crippen LogP contribution < -0.4 is 4.89 Å². The molecule has 0 radical (unpaired) electrons. The molecule has 1 unspecified atom stereocenters. The molecule has 0 aliphatic carbocycles. The summed E-state index contributed by atoms with van der Waals surface area (Å²) in [4.78, 5) is 30.8. The van der Waals surface area contributed by atoms with Gasteiger partial charge in [-0.1, -0.05) is 0 Å². The zero-order valence-corrected chi connectivity index (χ0v) is 8.38. The van der Waals surface area contributed by atoms with Crippen molar-refractivity contribution in [2.75, 3.05) is 13.1 Å². The molecule has 0 aliphatic heterocycles. The number of rotatable bonds is 3. The average molecular weight is 195 g/mol. The summed E-state index contributed by atoms with van der Waals surface area (Å²) in [5.41, 5.74) is 0. The van der Waals surface area contributed by atoms with Gasteiger partial charge in [0.25, 0.3) is 0 Å². The molecule has 0 fully saturated rings. The molecule has 0 heterocycles. The van der Waals surface area contributed by atoms with Crippen molar-refractivity contribution in [2.24, 2.45) is 0 Å². The van der Waals surface area contributed by atoms with Gasteiger partial charge in [0.2, 0.25) is 0 Å². The number of hydrogen-bond donors (Lipinski definition) is 1. The van der Waals surface area contributed by atoms with Gasteiger partial charge >= 0.3 is 13.7 Å². The monoisotopic (exact) mass is 195 g/mol. The van der Waals surface area contributed by atoms with E-state index in [1.165, 1.54) is 0 Å². The minimum Gasteiger partial charge on any atom is -0.730 e. The van der Waals surface area contributed by atoms with E-state index in [9.17, 15) is 14.3 Å². The molecule has 5 nitrogen and oxygen atoms in total. The number of carbonyl (C=O) groups excluding carboxylic acids is 1. The van der Waals surface area contributed by atoms with Gasteiger partial charge in [0.15, 0.2) is 0 Å². The average Bonchev–Trinajstić information content (AvgIpc) is 1.87. The number of nitrogens with zero attached hydrogens (tertiary/aromatic N) is 1. The van der Waals surface area contributed by atoms with Crippen molar-refractivity contribution in [3.8, 4) is 0 Å². The Bertz CT molecular complexity index is 218. The van der Waals surface area contributed by atoms with Crippen LogP contribution in [-0.4, -0.2) is 28.1 Å². The summed E-state index contributed by atoms with van der Waals surface area (Å²) in [6, 6.07) is 0. The van der Waals surface area contributed by atoms with E-state index in [-0.39, 0.29) is 13.1 Å². The van der Waals surface area contributed by atoms with Gasteiger partial charge in [-0.2, -0.15) is 0 Å². The Labute approximate surface area is 71.8 Å². The van der Waals surface area contributed by atoms with Gasteiger partial charge in [-0.15, -0.1) is 0 Å². The first-order valence-corrected chi connectivity index (χ1v) is 5.27. The second-order valence-electron chi connectivity index (χ2n) is 2.56. The van der Waals surface area contributed by atoms with E-state index >= 15 is 0 Å². The predicted octanol–water partition coefficient (Wildman–Crippen LogP) is -0.150. The Morgan fingerprint density at radius 2 is 1.83 bits per heavy atom. The van der Waals surface area contributed by atoms with Crippen LogP contribution in [0.1, 0.15) is 20.8 Å². The third-order valence-electron chi connectivity index (χ3n) is 2.12. The third kappa shape index (κ3) is 1.75. The second kappa shape index (κ2) is 3.66. The van der Waals surface area contributed by atoms with Crippen LogP contribution in [0.15, 0.2) is 0 Å². The fraction of sp³-hybridized carbons (Fsp3) is 0.833. The SMILES string of the molecule is CC[N+](CC)(C(C)=O)P(=O)([O-])O. The van der Waals surface area contributed by atoms with Crippen molar-refractivity contribution in [3.05, 3.63) is 0 Å². The van der Waals surface area contributed by atoms with Gasteiger partial charge in [0, 0.05) is 0 Å².